The van der Waals surface area contributed by atoms with E-state index in [4.69, 9.17) is 0 Å². The molecule has 0 saturated heterocycles. The Morgan fingerprint density at radius 1 is 1.20 bits per heavy atom. The second-order valence-corrected chi connectivity index (χ2v) is 5.27. The summed E-state index contributed by atoms with van der Waals surface area (Å²) in [4.78, 5) is 0. The quantitative estimate of drug-likeness (QED) is 0.799. The molecule has 108 valence electrons. The lowest BCUT2D eigenvalue weighted by Gasteiger charge is -2.15. The summed E-state index contributed by atoms with van der Waals surface area (Å²) in [5.41, 5.74) is 2.76. The summed E-state index contributed by atoms with van der Waals surface area (Å²) < 4.78 is 1.99. The van der Waals surface area contributed by atoms with Crippen LogP contribution in [0.5, 0.6) is 0 Å². The van der Waals surface area contributed by atoms with Crippen LogP contribution in [0, 0.1) is 0 Å². The van der Waals surface area contributed by atoms with Gasteiger partial charge in [0.25, 0.3) is 0 Å². The van der Waals surface area contributed by atoms with Crippen LogP contribution in [0.2, 0.25) is 0 Å². The van der Waals surface area contributed by atoms with E-state index in [0.29, 0.717) is 6.04 Å². The van der Waals surface area contributed by atoms with E-state index < -0.39 is 0 Å². The fraction of sp³-hybridized carbons (Fsp3) is 0.471. The standard InChI is InChI=1S/C17H25N3/c1-3-20-14-16(13-19-20)12-17(18-2)11-7-10-15-8-5-4-6-9-15/h4-6,8-9,13-14,17-18H,3,7,10-12H2,1-2H3. The molecule has 3 nitrogen and oxygen atoms in total. The van der Waals surface area contributed by atoms with Crippen LogP contribution in [0.15, 0.2) is 42.7 Å². The van der Waals surface area contributed by atoms with Gasteiger partial charge in [-0.2, -0.15) is 5.10 Å². The van der Waals surface area contributed by atoms with Crippen molar-refractivity contribution >= 4 is 0 Å². The minimum atomic E-state index is 0.535. The lowest BCUT2D eigenvalue weighted by molar-refractivity contribution is 0.501. The van der Waals surface area contributed by atoms with Gasteiger partial charge < -0.3 is 5.32 Å². The molecular formula is C17H25N3. The maximum Gasteiger partial charge on any atom is 0.0522 e. The van der Waals surface area contributed by atoms with Gasteiger partial charge in [0, 0.05) is 18.8 Å². The summed E-state index contributed by atoms with van der Waals surface area (Å²) in [5, 5.41) is 7.77. The van der Waals surface area contributed by atoms with E-state index in [0.717, 1.165) is 19.4 Å². The third-order valence-electron chi connectivity index (χ3n) is 3.76. The number of rotatable bonds is 8. The van der Waals surface area contributed by atoms with Gasteiger partial charge in [-0.05, 0) is 50.8 Å². The van der Waals surface area contributed by atoms with Crippen molar-refractivity contribution in [3.8, 4) is 0 Å². The second kappa shape index (κ2) is 7.85. The molecule has 1 unspecified atom stereocenters. The summed E-state index contributed by atoms with van der Waals surface area (Å²) >= 11 is 0. The highest BCUT2D eigenvalue weighted by molar-refractivity contribution is 5.14. The number of hydrogen-bond donors (Lipinski definition) is 1. The van der Waals surface area contributed by atoms with Gasteiger partial charge in [0.15, 0.2) is 0 Å². The average Bonchev–Trinajstić information content (AvgIpc) is 2.95. The topological polar surface area (TPSA) is 29.9 Å². The van der Waals surface area contributed by atoms with Gasteiger partial charge >= 0.3 is 0 Å². The number of likely N-dealkylation sites (N-methyl/N-ethyl adjacent to an activating group) is 1. The van der Waals surface area contributed by atoms with E-state index in [9.17, 15) is 0 Å². The highest BCUT2D eigenvalue weighted by Gasteiger charge is 2.08. The number of benzene rings is 1. The second-order valence-electron chi connectivity index (χ2n) is 5.27. The molecule has 0 aliphatic heterocycles. The van der Waals surface area contributed by atoms with Gasteiger partial charge in [-0.1, -0.05) is 30.3 Å². The van der Waals surface area contributed by atoms with Crippen LogP contribution in [0.3, 0.4) is 0 Å². The van der Waals surface area contributed by atoms with E-state index in [1.807, 2.05) is 10.9 Å². The van der Waals surface area contributed by atoms with Gasteiger partial charge in [0.2, 0.25) is 0 Å². The monoisotopic (exact) mass is 271 g/mol. The number of nitrogens with zero attached hydrogens (tertiary/aromatic N) is 2. The molecule has 0 aliphatic rings. The Balaban J connectivity index is 1.77. The average molecular weight is 271 g/mol. The third-order valence-corrected chi connectivity index (χ3v) is 3.76. The first kappa shape index (κ1) is 14.8. The molecule has 1 N–H and O–H groups in total. The predicted octanol–water partition coefficient (Wildman–Crippen LogP) is 3.06. The maximum atomic E-state index is 4.34. The number of hydrogen-bond acceptors (Lipinski definition) is 2. The Labute approximate surface area is 122 Å². The van der Waals surface area contributed by atoms with Crippen LogP contribution in [0.25, 0.3) is 0 Å². The molecule has 0 spiro atoms. The van der Waals surface area contributed by atoms with Crippen molar-refractivity contribution in [2.75, 3.05) is 7.05 Å². The van der Waals surface area contributed by atoms with Crippen molar-refractivity contribution in [2.45, 2.75) is 45.2 Å². The lowest BCUT2D eigenvalue weighted by atomic mass is 10.0. The van der Waals surface area contributed by atoms with Gasteiger partial charge in [-0.3, -0.25) is 4.68 Å². The van der Waals surface area contributed by atoms with E-state index in [1.165, 1.54) is 24.0 Å². The molecule has 2 rings (SSSR count). The van der Waals surface area contributed by atoms with Crippen LogP contribution >= 0.6 is 0 Å². The molecule has 1 heterocycles. The Hall–Kier alpha value is -1.61. The molecular weight excluding hydrogens is 246 g/mol. The first-order valence-corrected chi connectivity index (χ1v) is 7.54. The molecule has 0 aliphatic carbocycles. The molecule has 20 heavy (non-hydrogen) atoms. The number of aromatic nitrogens is 2. The highest BCUT2D eigenvalue weighted by atomic mass is 15.3. The first-order chi connectivity index (χ1) is 9.81. The number of aryl methyl sites for hydroxylation is 2. The zero-order valence-electron chi connectivity index (χ0n) is 12.5. The molecule has 0 fully saturated rings. The van der Waals surface area contributed by atoms with Crippen molar-refractivity contribution in [2.24, 2.45) is 0 Å². The predicted molar refractivity (Wildman–Crippen MR) is 83.8 cm³/mol. The van der Waals surface area contributed by atoms with E-state index in [-0.39, 0.29) is 0 Å². The minimum Gasteiger partial charge on any atom is -0.317 e. The SMILES string of the molecule is CCn1cc(CC(CCCc2ccccc2)NC)cn1. The van der Waals surface area contributed by atoms with Crippen LogP contribution in [0.4, 0.5) is 0 Å². The van der Waals surface area contributed by atoms with Crippen molar-refractivity contribution in [1.29, 1.82) is 0 Å². The van der Waals surface area contributed by atoms with Gasteiger partial charge in [0.1, 0.15) is 0 Å². The molecule has 0 radical (unpaired) electrons. The van der Waals surface area contributed by atoms with Crippen LogP contribution in [-0.4, -0.2) is 22.9 Å². The zero-order chi connectivity index (χ0) is 14.2. The Kier molecular flexibility index (Phi) is 5.81. The third kappa shape index (κ3) is 4.49. The molecule has 0 saturated carbocycles. The summed E-state index contributed by atoms with van der Waals surface area (Å²) in [5.74, 6) is 0. The van der Waals surface area contributed by atoms with Gasteiger partial charge in [-0.15, -0.1) is 0 Å². The normalized spacial score (nSPS) is 12.5. The van der Waals surface area contributed by atoms with Gasteiger partial charge in [-0.25, -0.2) is 0 Å². The summed E-state index contributed by atoms with van der Waals surface area (Å²) in [6.07, 6.45) is 8.78. The lowest BCUT2D eigenvalue weighted by Crippen LogP contribution is -2.27. The largest absolute Gasteiger partial charge is 0.317 e. The Bertz CT molecular complexity index is 490. The highest BCUT2D eigenvalue weighted by Crippen LogP contribution is 2.10. The molecule has 1 atom stereocenters. The molecule has 1 aromatic heterocycles. The molecule has 1 aromatic carbocycles. The van der Waals surface area contributed by atoms with Crippen molar-refractivity contribution in [3.05, 3.63) is 53.9 Å². The van der Waals surface area contributed by atoms with Crippen molar-refractivity contribution in [1.82, 2.24) is 15.1 Å². The summed E-state index contributed by atoms with van der Waals surface area (Å²) in [7, 11) is 2.05. The number of nitrogens with one attached hydrogen (secondary N) is 1. The molecule has 0 bridgehead atoms. The van der Waals surface area contributed by atoms with Crippen molar-refractivity contribution in [3.63, 3.8) is 0 Å². The maximum absolute atomic E-state index is 4.34. The summed E-state index contributed by atoms with van der Waals surface area (Å²) in [6.45, 7) is 3.06. The summed E-state index contributed by atoms with van der Waals surface area (Å²) in [6, 6.07) is 11.3. The Morgan fingerprint density at radius 2 is 2.00 bits per heavy atom. The van der Waals surface area contributed by atoms with E-state index >= 15 is 0 Å². The van der Waals surface area contributed by atoms with E-state index in [2.05, 4.69) is 60.9 Å². The fourth-order valence-electron chi connectivity index (χ4n) is 2.51. The minimum absolute atomic E-state index is 0.535. The van der Waals surface area contributed by atoms with Crippen LogP contribution < -0.4 is 5.32 Å². The molecule has 2 aromatic rings. The van der Waals surface area contributed by atoms with Crippen molar-refractivity contribution < 1.29 is 0 Å². The molecule has 3 heteroatoms. The first-order valence-electron chi connectivity index (χ1n) is 7.54. The van der Waals surface area contributed by atoms with Crippen LogP contribution in [0.1, 0.15) is 30.9 Å². The fourth-order valence-corrected chi connectivity index (χ4v) is 2.51. The molecule has 0 amide bonds. The van der Waals surface area contributed by atoms with Crippen LogP contribution in [-0.2, 0) is 19.4 Å². The van der Waals surface area contributed by atoms with E-state index in [1.54, 1.807) is 0 Å². The zero-order valence-corrected chi connectivity index (χ0v) is 12.5. The smallest absolute Gasteiger partial charge is 0.0522 e. The Morgan fingerprint density at radius 3 is 2.65 bits per heavy atom. The van der Waals surface area contributed by atoms with Gasteiger partial charge in [0.05, 0.1) is 6.20 Å².